The van der Waals surface area contributed by atoms with Crippen LogP contribution in [0.5, 0.6) is 0 Å². The van der Waals surface area contributed by atoms with Gasteiger partial charge in [0.05, 0.1) is 17.4 Å². The smallest absolute Gasteiger partial charge is 0.276 e. The van der Waals surface area contributed by atoms with Crippen LogP contribution in [0.15, 0.2) is 78.9 Å². The molecule has 3 aromatic carbocycles. The maximum absolute atomic E-state index is 13.3. The fraction of sp³-hybridized carbons (Fsp3) is 0.222. The van der Waals surface area contributed by atoms with Crippen LogP contribution >= 0.6 is 0 Å². The van der Waals surface area contributed by atoms with Crippen LogP contribution in [0.3, 0.4) is 0 Å². The number of piperazine rings is 1. The molecule has 1 aliphatic heterocycles. The highest BCUT2D eigenvalue weighted by molar-refractivity contribution is 5.93. The number of benzene rings is 3. The molecule has 1 fully saturated rings. The molecule has 6 heteroatoms. The summed E-state index contributed by atoms with van der Waals surface area (Å²) in [5, 5.41) is 8.98. The summed E-state index contributed by atoms with van der Waals surface area (Å²) >= 11 is 0. The number of aromatic nitrogens is 3. The van der Waals surface area contributed by atoms with Crippen LogP contribution in [0.1, 0.15) is 33.4 Å². The molecule has 1 amide bonds. The second kappa shape index (κ2) is 7.98. The molecule has 1 aliphatic carbocycles. The third kappa shape index (κ3) is 3.34. The van der Waals surface area contributed by atoms with Crippen LogP contribution in [0.25, 0.3) is 16.8 Å². The van der Waals surface area contributed by atoms with Gasteiger partial charge in [-0.3, -0.25) is 9.69 Å². The molecule has 0 unspecified atom stereocenters. The summed E-state index contributed by atoms with van der Waals surface area (Å²) in [6.45, 7) is 4.85. The molecule has 0 bridgehead atoms. The first-order valence-corrected chi connectivity index (χ1v) is 11.4. The van der Waals surface area contributed by atoms with E-state index in [0.29, 0.717) is 24.5 Å². The Morgan fingerprint density at radius 1 is 0.758 bits per heavy atom. The molecule has 0 radical (unpaired) electrons. The molecule has 0 N–H and O–H groups in total. The standard InChI is InChI=1S/C27H25N5O/c1-19-25(29-32(28-19)20-9-3-2-4-10-20)27(33)31-17-15-30(16-18-31)26-23-13-7-5-11-21(23)22-12-6-8-14-24(22)26/h2-14,26H,15-18H2,1H3. The molecule has 2 aliphatic rings. The molecule has 6 rings (SSSR count). The number of carbonyl (C=O) groups is 1. The van der Waals surface area contributed by atoms with E-state index in [2.05, 4.69) is 63.6 Å². The number of nitrogens with zero attached hydrogens (tertiary/aromatic N) is 5. The van der Waals surface area contributed by atoms with Gasteiger partial charge < -0.3 is 4.90 Å². The van der Waals surface area contributed by atoms with Crippen molar-refractivity contribution in [3.05, 3.63) is 101 Å². The van der Waals surface area contributed by atoms with Crippen molar-refractivity contribution >= 4 is 5.91 Å². The van der Waals surface area contributed by atoms with Crippen LogP contribution < -0.4 is 0 Å². The summed E-state index contributed by atoms with van der Waals surface area (Å²) in [5.41, 5.74) is 7.31. The van der Waals surface area contributed by atoms with E-state index in [-0.39, 0.29) is 11.9 Å². The lowest BCUT2D eigenvalue weighted by Crippen LogP contribution is -2.49. The van der Waals surface area contributed by atoms with Crippen molar-refractivity contribution in [2.45, 2.75) is 13.0 Å². The number of aryl methyl sites for hydroxylation is 1. The summed E-state index contributed by atoms with van der Waals surface area (Å²) in [7, 11) is 0. The minimum Gasteiger partial charge on any atom is -0.335 e. The van der Waals surface area contributed by atoms with Gasteiger partial charge in [0.25, 0.3) is 5.91 Å². The van der Waals surface area contributed by atoms with Crippen LogP contribution in [-0.4, -0.2) is 56.9 Å². The molecule has 0 saturated carbocycles. The summed E-state index contributed by atoms with van der Waals surface area (Å²) in [4.78, 5) is 19.2. The predicted octanol–water partition coefficient (Wildman–Crippen LogP) is 4.10. The van der Waals surface area contributed by atoms with E-state index in [9.17, 15) is 4.79 Å². The van der Waals surface area contributed by atoms with E-state index < -0.39 is 0 Å². The lowest BCUT2D eigenvalue weighted by molar-refractivity contribution is 0.0593. The predicted molar refractivity (Wildman–Crippen MR) is 127 cm³/mol. The number of para-hydroxylation sites is 1. The van der Waals surface area contributed by atoms with E-state index in [1.807, 2.05) is 42.2 Å². The topological polar surface area (TPSA) is 54.3 Å². The largest absolute Gasteiger partial charge is 0.335 e. The first-order valence-electron chi connectivity index (χ1n) is 11.4. The average molecular weight is 436 g/mol. The van der Waals surface area contributed by atoms with Crippen molar-refractivity contribution in [2.24, 2.45) is 0 Å². The van der Waals surface area contributed by atoms with Gasteiger partial charge in [-0.2, -0.15) is 9.90 Å². The molecule has 4 aromatic rings. The third-order valence-corrected chi connectivity index (χ3v) is 6.74. The van der Waals surface area contributed by atoms with Crippen molar-refractivity contribution < 1.29 is 4.79 Å². The number of hydrogen-bond donors (Lipinski definition) is 0. The zero-order valence-electron chi connectivity index (χ0n) is 18.6. The number of carbonyl (C=O) groups excluding carboxylic acids is 1. The quantitative estimate of drug-likeness (QED) is 0.486. The zero-order valence-corrected chi connectivity index (χ0v) is 18.6. The maximum Gasteiger partial charge on any atom is 0.276 e. The van der Waals surface area contributed by atoms with Gasteiger partial charge in [-0.1, -0.05) is 66.7 Å². The molecule has 6 nitrogen and oxygen atoms in total. The van der Waals surface area contributed by atoms with Gasteiger partial charge in [-0.05, 0) is 41.3 Å². The Bertz CT molecular complexity index is 1280. The molecule has 0 atom stereocenters. The van der Waals surface area contributed by atoms with Crippen molar-refractivity contribution in [1.82, 2.24) is 24.8 Å². The van der Waals surface area contributed by atoms with Crippen molar-refractivity contribution in [2.75, 3.05) is 26.2 Å². The van der Waals surface area contributed by atoms with Crippen LogP contribution in [-0.2, 0) is 0 Å². The normalized spacial score (nSPS) is 16.0. The van der Waals surface area contributed by atoms with Crippen molar-refractivity contribution in [3.63, 3.8) is 0 Å². The van der Waals surface area contributed by atoms with Crippen molar-refractivity contribution in [1.29, 1.82) is 0 Å². The van der Waals surface area contributed by atoms with Gasteiger partial charge in [0.15, 0.2) is 5.69 Å². The Balaban J connectivity index is 1.21. The Morgan fingerprint density at radius 3 is 1.97 bits per heavy atom. The summed E-state index contributed by atoms with van der Waals surface area (Å²) < 4.78 is 0. The second-order valence-corrected chi connectivity index (χ2v) is 8.66. The maximum atomic E-state index is 13.3. The molecule has 2 heterocycles. The highest BCUT2D eigenvalue weighted by atomic mass is 16.2. The van der Waals surface area contributed by atoms with Gasteiger partial charge in [-0.25, -0.2) is 0 Å². The molecule has 0 spiro atoms. The van der Waals surface area contributed by atoms with Gasteiger partial charge in [0.2, 0.25) is 0 Å². The highest BCUT2D eigenvalue weighted by Gasteiger charge is 2.35. The Hall–Kier alpha value is -3.77. The average Bonchev–Trinajstić information content (AvgIpc) is 3.42. The van der Waals surface area contributed by atoms with Gasteiger partial charge in [0, 0.05) is 26.2 Å². The molecule has 33 heavy (non-hydrogen) atoms. The van der Waals surface area contributed by atoms with Crippen LogP contribution in [0.4, 0.5) is 0 Å². The van der Waals surface area contributed by atoms with Gasteiger partial charge >= 0.3 is 0 Å². The van der Waals surface area contributed by atoms with E-state index in [1.165, 1.54) is 22.3 Å². The lowest BCUT2D eigenvalue weighted by atomic mass is 10.0. The Labute approximate surface area is 193 Å². The number of hydrogen-bond acceptors (Lipinski definition) is 4. The molecular formula is C27H25N5O. The van der Waals surface area contributed by atoms with Crippen LogP contribution in [0, 0.1) is 6.92 Å². The first kappa shape index (κ1) is 19.9. The van der Waals surface area contributed by atoms with Crippen LogP contribution in [0.2, 0.25) is 0 Å². The molecular weight excluding hydrogens is 410 g/mol. The number of rotatable bonds is 3. The Morgan fingerprint density at radius 2 is 1.33 bits per heavy atom. The van der Waals surface area contributed by atoms with Gasteiger partial charge in [0.1, 0.15) is 0 Å². The van der Waals surface area contributed by atoms with E-state index >= 15 is 0 Å². The molecule has 164 valence electrons. The molecule has 1 saturated heterocycles. The third-order valence-electron chi connectivity index (χ3n) is 6.74. The lowest BCUT2D eigenvalue weighted by Gasteiger charge is -2.38. The first-order chi connectivity index (χ1) is 16.2. The fourth-order valence-electron chi connectivity index (χ4n) is 5.11. The minimum absolute atomic E-state index is 0.0402. The highest BCUT2D eigenvalue weighted by Crippen LogP contribution is 2.46. The fourth-order valence-corrected chi connectivity index (χ4v) is 5.11. The number of amides is 1. The van der Waals surface area contributed by atoms with E-state index in [0.717, 1.165) is 18.8 Å². The van der Waals surface area contributed by atoms with E-state index in [4.69, 9.17) is 0 Å². The second-order valence-electron chi connectivity index (χ2n) is 8.66. The van der Waals surface area contributed by atoms with Gasteiger partial charge in [-0.15, -0.1) is 5.10 Å². The number of fused-ring (bicyclic) bond motifs is 3. The minimum atomic E-state index is -0.0402. The van der Waals surface area contributed by atoms with E-state index in [1.54, 1.807) is 4.80 Å². The van der Waals surface area contributed by atoms with Crippen molar-refractivity contribution in [3.8, 4) is 16.8 Å². The summed E-state index contributed by atoms with van der Waals surface area (Å²) in [5.74, 6) is -0.0402. The zero-order chi connectivity index (χ0) is 22.4. The summed E-state index contributed by atoms with van der Waals surface area (Å²) in [6.07, 6.45) is 0. The molecule has 1 aromatic heterocycles. The SMILES string of the molecule is Cc1nn(-c2ccccc2)nc1C(=O)N1CCN(C2c3ccccc3-c3ccccc32)CC1. The monoisotopic (exact) mass is 435 g/mol. The Kier molecular flexibility index (Phi) is 4.80. The summed E-state index contributed by atoms with van der Waals surface area (Å²) in [6, 6.07) is 27.3.